The minimum atomic E-state index is -0.543. The zero-order chi connectivity index (χ0) is 17.7. The summed E-state index contributed by atoms with van der Waals surface area (Å²) in [7, 11) is 0. The molecule has 0 aliphatic carbocycles. The van der Waals surface area contributed by atoms with Gasteiger partial charge in [-0.1, -0.05) is 6.07 Å². The van der Waals surface area contributed by atoms with Crippen LogP contribution in [-0.4, -0.2) is 51.0 Å². The third-order valence-electron chi connectivity index (χ3n) is 4.99. The Hall–Kier alpha value is -3.07. The van der Waals surface area contributed by atoms with E-state index in [2.05, 4.69) is 19.9 Å². The number of hydrogen-bond acceptors (Lipinski definition) is 8. The van der Waals surface area contributed by atoms with E-state index in [1.165, 1.54) is 0 Å². The number of nitrogens with one attached hydrogen (secondary N) is 1. The van der Waals surface area contributed by atoms with Gasteiger partial charge in [0.25, 0.3) is 0 Å². The van der Waals surface area contributed by atoms with Gasteiger partial charge in [0.1, 0.15) is 5.52 Å². The quantitative estimate of drug-likeness (QED) is 0.623. The zero-order valence-electron chi connectivity index (χ0n) is 13.9. The van der Waals surface area contributed by atoms with Crippen molar-refractivity contribution in [2.24, 2.45) is 0 Å². The second-order valence-corrected chi connectivity index (χ2v) is 6.53. The normalized spacial score (nSPS) is 22.1. The number of anilines is 2. The van der Waals surface area contributed by atoms with Crippen molar-refractivity contribution in [3.05, 3.63) is 30.1 Å². The van der Waals surface area contributed by atoms with Gasteiger partial charge in [0.05, 0.1) is 12.4 Å². The number of H-pyrrole nitrogens is 1. The molecule has 0 unspecified atom stereocenters. The monoisotopic (exact) mass is 354 g/mol. The van der Waals surface area contributed by atoms with E-state index >= 15 is 0 Å². The van der Waals surface area contributed by atoms with Crippen LogP contribution in [0, 0.1) is 0 Å². The third kappa shape index (κ3) is 2.39. The summed E-state index contributed by atoms with van der Waals surface area (Å²) < 4.78 is 10.8. The van der Waals surface area contributed by atoms with Crippen molar-refractivity contribution in [2.45, 2.75) is 18.4 Å². The average molecular weight is 354 g/mol. The van der Waals surface area contributed by atoms with Crippen molar-refractivity contribution in [1.29, 1.82) is 0 Å². The Kier molecular flexibility index (Phi) is 3.35. The van der Waals surface area contributed by atoms with E-state index in [4.69, 9.17) is 15.2 Å². The van der Waals surface area contributed by atoms with Crippen LogP contribution in [0.1, 0.15) is 17.9 Å². The predicted molar refractivity (Wildman–Crippen MR) is 94.2 cm³/mol. The fourth-order valence-corrected chi connectivity index (χ4v) is 3.72. The number of aliphatic hydroxyl groups is 1. The molecule has 2 aromatic heterocycles. The SMILES string of the molecule is Nc1nc(N2CC[C@@H](c3ccc4c(c3)OCO4)[C@H](O)C2)c2[nH]cnc2n1. The Morgan fingerprint density at radius 1 is 1.23 bits per heavy atom. The highest BCUT2D eigenvalue weighted by molar-refractivity contribution is 5.84. The van der Waals surface area contributed by atoms with Gasteiger partial charge in [0.15, 0.2) is 23.0 Å². The van der Waals surface area contributed by atoms with Crippen LogP contribution >= 0.6 is 0 Å². The number of aromatic amines is 1. The van der Waals surface area contributed by atoms with E-state index in [0.717, 1.165) is 35.5 Å². The molecule has 2 atom stereocenters. The molecule has 9 heteroatoms. The van der Waals surface area contributed by atoms with Gasteiger partial charge in [-0.05, 0) is 24.1 Å². The number of piperidine rings is 1. The van der Waals surface area contributed by atoms with Gasteiger partial charge in [-0.25, -0.2) is 4.98 Å². The van der Waals surface area contributed by atoms with Crippen LogP contribution in [0.4, 0.5) is 11.8 Å². The maximum absolute atomic E-state index is 10.8. The van der Waals surface area contributed by atoms with Crippen molar-refractivity contribution in [1.82, 2.24) is 19.9 Å². The summed E-state index contributed by atoms with van der Waals surface area (Å²) in [5.74, 6) is 2.36. The summed E-state index contributed by atoms with van der Waals surface area (Å²) in [5.41, 5.74) is 8.11. The summed E-state index contributed by atoms with van der Waals surface area (Å²) in [5, 5.41) is 10.8. The van der Waals surface area contributed by atoms with E-state index in [0.29, 0.717) is 18.0 Å². The van der Waals surface area contributed by atoms with Gasteiger partial charge in [-0.2, -0.15) is 9.97 Å². The molecule has 0 amide bonds. The zero-order valence-corrected chi connectivity index (χ0v) is 13.9. The first kappa shape index (κ1) is 15.2. The summed E-state index contributed by atoms with van der Waals surface area (Å²) in [6.45, 7) is 1.43. The summed E-state index contributed by atoms with van der Waals surface area (Å²) in [6, 6.07) is 5.85. The largest absolute Gasteiger partial charge is 0.454 e. The fourth-order valence-electron chi connectivity index (χ4n) is 3.72. The van der Waals surface area contributed by atoms with Gasteiger partial charge in [0.2, 0.25) is 12.7 Å². The smallest absolute Gasteiger partial charge is 0.231 e. The second-order valence-electron chi connectivity index (χ2n) is 6.53. The minimum Gasteiger partial charge on any atom is -0.454 e. The number of aromatic nitrogens is 4. The Labute approximate surface area is 148 Å². The first-order chi connectivity index (χ1) is 12.7. The number of ether oxygens (including phenoxy) is 2. The molecule has 1 aromatic carbocycles. The molecule has 0 bridgehead atoms. The number of β-amino-alcohol motifs (C(OH)–C–C–N with tert-alkyl or cyclic N) is 1. The summed E-state index contributed by atoms with van der Waals surface area (Å²) in [6.07, 6.45) is 1.80. The molecule has 26 heavy (non-hydrogen) atoms. The van der Waals surface area contributed by atoms with Crippen molar-refractivity contribution in [3.8, 4) is 11.5 Å². The Morgan fingerprint density at radius 3 is 3.00 bits per heavy atom. The number of hydrogen-bond donors (Lipinski definition) is 3. The Morgan fingerprint density at radius 2 is 2.12 bits per heavy atom. The van der Waals surface area contributed by atoms with Gasteiger partial charge in [0, 0.05) is 19.0 Å². The molecule has 134 valence electrons. The number of aliphatic hydroxyl groups excluding tert-OH is 1. The lowest BCUT2D eigenvalue weighted by molar-refractivity contribution is 0.129. The van der Waals surface area contributed by atoms with E-state index in [9.17, 15) is 5.11 Å². The van der Waals surface area contributed by atoms with Crippen molar-refractivity contribution in [2.75, 3.05) is 30.5 Å². The van der Waals surface area contributed by atoms with E-state index in [-0.39, 0.29) is 18.7 Å². The topological polar surface area (TPSA) is 122 Å². The molecule has 3 aromatic rings. The number of rotatable bonds is 2. The van der Waals surface area contributed by atoms with Crippen molar-refractivity contribution in [3.63, 3.8) is 0 Å². The molecule has 1 fully saturated rings. The molecule has 2 aliphatic rings. The highest BCUT2D eigenvalue weighted by Crippen LogP contribution is 2.38. The Balaban J connectivity index is 1.41. The van der Waals surface area contributed by atoms with Gasteiger partial charge in [-0.3, -0.25) is 0 Å². The molecule has 0 radical (unpaired) electrons. The third-order valence-corrected chi connectivity index (χ3v) is 4.99. The number of imidazole rings is 1. The van der Waals surface area contributed by atoms with Crippen LogP contribution in [0.5, 0.6) is 11.5 Å². The van der Waals surface area contributed by atoms with Crippen LogP contribution in [-0.2, 0) is 0 Å². The predicted octanol–water partition coefficient (Wildman–Crippen LogP) is 1.02. The number of benzene rings is 1. The van der Waals surface area contributed by atoms with Crippen molar-refractivity contribution >= 4 is 22.9 Å². The highest BCUT2D eigenvalue weighted by atomic mass is 16.7. The number of nitrogen functional groups attached to an aromatic ring is 1. The highest BCUT2D eigenvalue weighted by Gasteiger charge is 2.31. The first-order valence-electron chi connectivity index (χ1n) is 8.48. The lowest BCUT2D eigenvalue weighted by Crippen LogP contribution is -2.43. The first-order valence-corrected chi connectivity index (χ1v) is 8.48. The minimum absolute atomic E-state index is 0.0252. The molecule has 5 rings (SSSR count). The number of fused-ring (bicyclic) bond motifs is 2. The van der Waals surface area contributed by atoms with E-state index in [1.54, 1.807) is 6.33 Å². The molecule has 2 aliphatic heterocycles. The molecular formula is C17H18N6O3. The lowest BCUT2D eigenvalue weighted by Gasteiger charge is -2.37. The summed E-state index contributed by atoms with van der Waals surface area (Å²) >= 11 is 0. The standard InChI is InChI=1S/C17H18N6O3/c18-17-21-15-14(19-7-20-15)16(22-17)23-4-3-10(11(24)6-23)9-1-2-12-13(5-9)26-8-25-12/h1-2,5,7,10-11,24H,3-4,6,8H2,(H3,18,19,20,21,22)/t10-,11+/m0/s1. The molecule has 9 nitrogen and oxygen atoms in total. The second kappa shape index (κ2) is 5.73. The van der Waals surface area contributed by atoms with E-state index in [1.807, 2.05) is 23.1 Å². The molecular weight excluding hydrogens is 336 g/mol. The van der Waals surface area contributed by atoms with Crippen molar-refractivity contribution < 1.29 is 14.6 Å². The van der Waals surface area contributed by atoms with Crippen LogP contribution in [0.2, 0.25) is 0 Å². The fraction of sp³-hybridized carbons (Fsp3) is 0.353. The van der Waals surface area contributed by atoms with Gasteiger partial charge >= 0.3 is 0 Å². The maximum Gasteiger partial charge on any atom is 0.231 e. The molecule has 1 saturated heterocycles. The lowest BCUT2D eigenvalue weighted by atomic mass is 9.87. The Bertz CT molecular complexity index is 974. The number of nitrogens with zero attached hydrogens (tertiary/aromatic N) is 4. The van der Waals surface area contributed by atoms with Crippen LogP contribution < -0.4 is 20.1 Å². The molecule has 0 saturated carbocycles. The molecule has 0 spiro atoms. The van der Waals surface area contributed by atoms with Gasteiger partial charge < -0.3 is 30.2 Å². The average Bonchev–Trinajstić information content (AvgIpc) is 3.29. The molecule has 4 heterocycles. The van der Waals surface area contributed by atoms with E-state index < -0.39 is 6.10 Å². The maximum atomic E-state index is 10.8. The van der Waals surface area contributed by atoms with Crippen LogP contribution in [0.15, 0.2) is 24.5 Å². The van der Waals surface area contributed by atoms with Crippen LogP contribution in [0.3, 0.4) is 0 Å². The van der Waals surface area contributed by atoms with Gasteiger partial charge in [-0.15, -0.1) is 0 Å². The summed E-state index contributed by atoms with van der Waals surface area (Å²) in [4.78, 5) is 17.7. The van der Waals surface area contributed by atoms with Crippen LogP contribution in [0.25, 0.3) is 11.2 Å². The number of nitrogens with two attached hydrogens (primary N) is 1. The molecule has 4 N–H and O–H groups in total.